The molecule has 0 unspecified atom stereocenters. The molecule has 0 atom stereocenters. The lowest BCUT2D eigenvalue weighted by Crippen LogP contribution is -2.07. The lowest BCUT2D eigenvalue weighted by Gasteiger charge is -2.15. The maximum Gasteiger partial charge on any atom is 0.236 e. The fraction of sp³-hybridized carbons (Fsp3) is 0.385. The van der Waals surface area contributed by atoms with Crippen molar-refractivity contribution >= 4 is 23.4 Å². The molecule has 0 radical (unpaired) electrons. The summed E-state index contributed by atoms with van der Waals surface area (Å²) in [5.74, 6) is 1.99. The Morgan fingerprint density at radius 1 is 1.22 bits per heavy atom. The third-order valence-corrected chi connectivity index (χ3v) is 3.71. The summed E-state index contributed by atoms with van der Waals surface area (Å²) in [7, 11) is 0. The fourth-order valence-electron chi connectivity index (χ4n) is 1.31. The highest BCUT2D eigenvalue weighted by Crippen LogP contribution is 2.27. The number of thioether (sulfide) groups is 1. The van der Waals surface area contributed by atoms with Crippen molar-refractivity contribution in [2.45, 2.75) is 31.3 Å². The standard InChI is InChI=1S/C13H15ClN2OS/c1-13(2,3)18-8-11-15-12(16-17-11)9-4-6-10(14)7-5-9/h4-7H,8H2,1-3H3. The molecular formula is C13H15ClN2OS. The lowest BCUT2D eigenvalue weighted by molar-refractivity contribution is 0.391. The van der Waals surface area contributed by atoms with E-state index in [0.717, 1.165) is 11.3 Å². The van der Waals surface area contributed by atoms with Crippen molar-refractivity contribution in [1.29, 1.82) is 0 Å². The molecular weight excluding hydrogens is 268 g/mol. The van der Waals surface area contributed by atoms with Crippen LogP contribution in [-0.2, 0) is 5.75 Å². The first-order valence-electron chi connectivity index (χ1n) is 5.66. The largest absolute Gasteiger partial charge is 0.338 e. The molecule has 0 spiro atoms. The molecule has 0 aliphatic heterocycles. The van der Waals surface area contributed by atoms with E-state index in [1.54, 1.807) is 11.8 Å². The van der Waals surface area contributed by atoms with Crippen LogP contribution in [0, 0.1) is 0 Å². The summed E-state index contributed by atoms with van der Waals surface area (Å²) in [5, 5.41) is 4.67. The van der Waals surface area contributed by atoms with Gasteiger partial charge in [-0.1, -0.05) is 37.5 Å². The van der Waals surface area contributed by atoms with Crippen molar-refractivity contribution in [3.8, 4) is 11.4 Å². The molecule has 3 nitrogen and oxygen atoms in total. The summed E-state index contributed by atoms with van der Waals surface area (Å²) in [6, 6.07) is 7.40. The highest BCUT2D eigenvalue weighted by Gasteiger charge is 2.14. The van der Waals surface area contributed by atoms with Gasteiger partial charge in [0.05, 0.1) is 5.75 Å². The lowest BCUT2D eigenvalue weighted by atomic mass is 10.2. The molecule has 0 saturated heterocycles. The molecule has 5 heteroatoms. The number of hydrogen-bond acceptors (Lipinski definition) is 4. The number of nitrogens with zero attached hydrogens (tertiary/aromatic N) is 2. The maximum atomic E-state index is 5.84. The van der Waals surface area contributed by atoms with Gasteiger partial charge in [0, 0.05) is 15.3 Å². The van der Waals surface area contributed by atoms with Crippen molar-refractivity contribution < 1.29 is 4.52 Å². The molecule has 1 heterocycles. The van der Waals surface area contributed by atoms with Crippen LogP contribution < -0.4 is 0 Å². The minimum atomic E-state index is 0.189. The Bertz CT molecular complexity index is 517. The quantitative estimate of drug-likeness (QED) is 0.835. The second kappa shape index (κ2) is 5.33. The van der Waals surface area contributed by atoms with E-state index in [9.17, 15) is 0 Å². The number of hydrogen-bond donors (Lipinski definition) is 0. The van der Waals surface area contributed by atoms with Gasteiger partial charge in [0.15, 0.2) is 0 Å². The van der Waals surface area contributed by atoms with Gasteiger partial charge in [-0.2, -0.15) is 4.98 Å². The van der Waals surface area contributed by atoms with Gasteiger partial charge in [-0.25, -0.2) is 0 Å². The SMILES string of the molecule is CC(C)(C)SCc1nc(-c2ccc(Cl)cc2)no1. The van der Waals surface area contributed by atoms with E-state index in [4.69, 9.17) is 16.1 Å². The summed E-state index contributed by atoms with van der Waals surface area (Å²) >= 11 is 7.62. The Morgan fingerprint density at radius 2 is 1.89 bits per heavy atom. The van der Waals surface area contributed by atoms with Crippen LogP contribution in [0.4, 0.5) is 0 Å². The molecule has 1 aromatic carbocycles. The Hall–Kier alpha value is -1.00. The van der Waals surface area contributed by atoms with E-state index in [1.807, 2.05) is 24.3 Å². The van der Waals surface area contributed by atoms with Crippen molar-refractivity contribution in [3.05, 3.63) is 35.2 Å². The molecule has 2 aromatic rings. The zero-order valence-electron chi connectivity index (χ0n) is 10.6. The Balaban J connectivity index is 2.08. The molecule has 0 amide bonds. The zero-order chi connectivity index (χ0) is 13.2. The minimum Gasteiger partial charge on any atom is -0.338 e. The Kier molecular flexibility index (Phi) is 3.97. The van der Waals surface area contributed by atoms with Gasteiger partial charge in [0.25, 0.3) is 0 Å². The van der Waals surface area contributed by atoms with E-state index in [-0.39, 0.29) is 4.75 Å². The topological polar surface area (TPSA) is 38.9 Å². The van der Waals surface area contributed by atoms with Gasteiger partial charge in [-0.3, -0.25) is 0 Å². The molecule has 2 rings (SSSR count). The van der Waals surface area contributed by atoms with Crippen molar-refractivity contribution in [2.75, 3.05) is 0 Å². The number of rotatable bonds is 3. The monoisotopic (exact) mass is 282 g/mol. The summed E-state index contributed by atoms with van der Waals surface area (Å²) < 4.78 is 5.42. The van der Waals surface area contributed by atoms with Crippen molar-refractivity contribution in [3.63, 3.8) is 0 Å². The fourth-order valence-corrected chi connectivity index (χ4v) is 2.11. The minimum absolute atomic E-state index is 0.189. The van der Waals surface area contributed by atoms with Gasteiger partial charge >= 0.3 is 0 Å². The molecule has 0 saturated carbocycles. The molecule has 1 aromatic heterocycles. The second-order valence-corrected chi connectivity index (χ2v) is 7.16. The highest BCUT2D eigenvalue weighted by molar-refractivity contribution is 7.99. The van der Waals surface area contributed by atoms with E-state index >= 15 is 0 Å². The predicted octanol–water partition coefficient (Wildman–Crippen LogP) is 4.42. The molecule has 0 fully saturated rings. The van der Waals surface area contributed by atoms with E-state index < -0.39 is 0 Å². The van der Waals surface area contributed by atoms with E-state index in [0.29, 0.717) is 16.7 Å². The number of halogens is 1. The first-order chi connectivity index (χ1) is 8.44. The summed E-state index contributed by atoms with van der Waals surface area (Å²) in [6.07, 6.45) is 0. The van der Waals surface area contributed by atoms with Crippen LogP contribution in [0.5, 0.6) is 0 Å². The van der Waals surface area contributed by atoms with Gasteiger partial charge < -0.3 is 4.52 Å². The van der Waals surface area contributed by atoms with Gasteiger partial charge in [-0.15, -0.1) is 11.8 Å². The van der Waals surface area contributed by atoms with E-state index in [2.05, 4.69) is 30.9 Å². The smallest absolute Gasteiger partial charge is 0.236 e. The van der Waals surface area contributed by atoms with Crippen molar-refractivity contribution in [2.24, 2.45) is 0 Å². The zero-order valence-corrected chi connectivity index (χ0v) is 12.2. The van der Waals surface area contributed by atoms with Gasteiger partial charge in [0.2, 0.25) is 11.7 Å². The van der Waals surface area contributed by atoms with Crippen molar-refractivity contribution in [1.82, 2.24) is 10.1 Å². The third-order valence-electron chi connectivity index (χ3n) is 2.20. The first kappa shape index (κ1) is 13.4. The predicted molar refractivity (Wildman–Crippen MR) is 75.8 cm³/mol. The van der Waals surface area contributed by atoms with E-state index in [1.165, 1.54) is 0 Å². The average Bonchev–Trinajstić information content (AvgIpc) is 2.75. The van der Waals surface area contributed by atoms with Gasteiger partial charge in [0.1, 0.15) is 0 Å². The normalized spacial score (nSPS) is 11.8. The van der Waals surface area contributed by atoms with Crippen LogP contribution in [0.2, 0.25) is 5.02 Å². The van der Waals surface area contributed by atoms with Crippen LogP contribution in [0.15, 0.2) is 28.8 Å². The molecule has 0 aliphatic rings. The molecule has 0 N–H and O–H groups in total. The van der Waals surface area contributed by atoms with Crippen LogP contribution in [0.1, 0.15) is 26.7 Å². The highest BCUT2D eigenvalue weighted by atomic mass is 35.5. The second-order valence-electron chi connectivity index (χ2n) is 4.92. The van der Waals surface area contributed by atoms with Crippen LogP contribution in [0.25, 0.3) is 11.4 Å². The Labute approximate surface area is 116 Å². The molecule has 96 valence electrons. The number of aromatic nitrogens is 2. The van der Waals surface area contributed by atoms with Crippen LogP contribution in [-0.4, -0.2) is 14.9 Å². The summed E-state index contributed by atoms with van der Waals surface area (Å²) in [5.41, 5.74) is 0.912. The maximum absolute atomic E-state index is 5.84. The van der Waals surface area contributed by atoms with Gasteiger partial charge in [-0.05, 0) is 24.3 Å². The third kappa shape index (κ3) is 3.75. The first-order valence-corrected chi connectivity index (χ1v) is 7.03. The molecule has 18 heavy (non-hydrogen) atoms. The van der Waals surface area contributed by atoms with Crippen LogP contribution in [0.3, 0.4) is 0 Å². The van der Waals surface area contributed by atoms with Crippen LogP contribution >= 0.6 is 23.4 Å². The summed E-state index contributed by atoms with van der Waals surface area (Å²) in [4.78, 5) is 4.37. The number of benzene rings is 1. The summed E-state index contributed by atoms with van der Waals surface area (Å²) in [6.45, 7) is 6.48. The Morgan fingerprint density at radius 3 is 2.50 bits per heavy atom. The average molecular weight is 283 g/mol. The molecule has 0 bridgehead atoms. The molecule has 0 aliphatic carbocycles.